The lowest BCUT2D eigenvalue weighted by molar-refractivity contribution is -0.174. The lowest BCUT2D eigenvalue weighted by Crippen LogP contribution is -2.41. The van der Waals surface area contributed by atoms with E-state index < -0.39 is 17.5 Å². The van der Waals surface area contributed by atoms with Crippen molar-refractivity contribution in [3.8, 4) is 5.88 Å². The fraction of sp³-hybridized carbons (Fsp3) is 0.522. The van der Waals surface area contributed by atoms with E-state index in [1.54, 1.807) is 4.68 Å². The van der Waals surface area contributed by atoms with Gasteiger partial charge in [0.15, 0.2) is 0 Å². The predicted molar refractivity (Wildman–Crippen MR) is 109 cm³/mol. The topological polar surface area (TPSA) is 73.7 Å². The van der Waals surface area contributed by atoms with Crippen molar-refractivity contribution in [1.82, 2.24) is 14.7 Å². The van der Waals surface area contributed by atoms with Crippen molar-refractivity contribution in [3.05, 3.63) is 47.2 Å². The average Bonchev–Trinajstić information content (AvgIpc) is 3.04. The summed E-state index contributed by atoms with van der Waals surface area (Å²) >= 11 is 0. The lowest BCUT2D eigenvalue weighted by atomic mass is 9.79. The number of aryl methyl sites for hydroxylation is 1. The Morgan fingerprint density at radius 3 is 2.67 bits per heavy atom. The molecule has 1 atom stereocenters. The highest BCUT2D eigenvalue weighted by Crippen LogP contribution is 2.47. The van der Waals surface area contributed by atoms with Crippen LogP contribution in [-0.2, 0) is 33.4 Å². The van der Waals surface area contributed by atoms with Gasteiger partial charge in [-0.3, -0.25) is 4.68 Å². The van der Waals surface area contributed by atoms with E-state index in [0.29, 0.717) is 18.8 Å². The molecule has 0 spiro atoms. The molecule has 0 radical (unpaired) electrons. The summed E-state index contributed by atoms with van der Waals surface area (Å²) in [5, 5.41) is 4.37. The van der Waals surface area contributed by atoms with Crippen LogP contribution in [0.4, 0.5) is 0 Å². The lowest BCUT2D eigenvalue weighted by Gasteiger charge is -2.38. The van der Waals surface area contributed by atoms with Crippen LogP contribution in [0.15, 0.2) is 30.3 Å². The number of rotatable bonds is 4. The molecule has 7 heteroatoms. The Hall–Kier alpha value is -2.67. The summed E-state index contributed by atoms with van der Waals surface area (Å²) in [5.74, 6) is -1.04. The number of hydrogen-bond acceptors (Lipinski definition) is 6. The van der Waals surface area contributed by atoms with Gasteiger partial charge in [-0.15, -0.1) is 5.10 Å². The highest BCUT2D eigenvalue weighted by atomic mass is 16.6. The first-order chi connectivity index (χ1) is 14.6. The second kappa shape index (κ2) is 7.54. The molecule has 0 bridgehead atoms. The summed E-state index contributed by atoms with van der Waals surface area (Å²) in [7, 11) is 1.85. The van der Waals surface area contributed by atoms with E-state index >= 15 is 0 Å². The van der Waals surface area contributed by atoms with Crippen molar-refractivity contribution < 1.29 is 19.1 Å². The Labute approximate surface area is 175 Å². The number of carbonyl (C=O) groups excluding carboxylic acids is 2. The maximum absolute atomic E-state index is 12.3. The molecule has 1 aliphatic carbocycles. The Morgan fingerprint density at radius 2 is 1.90 bits per heavy atom. The first-order valence-corrected chi connectivity index (χ1v) is 10.8. The average molecular weight is 409 g/mol. The van der Waals surface area contributed by atoms with Crippen LogP contribution in [0.25, 0.3) is 0 Å². The molecule has 1 saturated heterocycles. The minimum absolute atomic E-state index is 0.242. The van der Waals surface area contributed by atoms with Gasteiger partial charge in [-0.05, 0) is 56.7 Å². The van der Waals surface area contributed by atoms with Crippen molar-refractivity contribution in [2.45, 2.75) is 50.0 Å². The molecule has 3 heterocycles. The molecular weight excluding hydrogens is 382 g/mol. The second-order valence-electron chi connectivity index (χ2n) is 8.65. The highest BCUT2D eigenvalue weighted by molar-refractivity contribution is 6.30. The van der Waals surface area contributed by atoms with E-state index in [-0.39, 0.29) is 5.88 Å². The number of aromatic nitrogens is 2. The maximum Gasteiger partial charge on any atom is 0.424 e. The number of carbonyl (C=O) groups is 2. The number of ether oxygens (including phenoxy) is 2. The Bertz CT molecular complexity index is 962. The molecule has 2 aliphatic heterocycles. The molecule has 1 aromatic carbocycles. The molecule has 5 rings (SSSR count). The first kappa shape index (κ1) is 19.3. The monoisotopic (exact) mass is 409 g/mol. The van der Waals surface area contributed by atoms with Gasteiger partial charge in [0.1, 0.15) is 5.60 Å². The molecule has 0 saturated carbocycles. The van der Waals surface area contributed by atoms with Gasteiger partial charge in [0, 0.05) is 25.7 Å². The number of piperidine rings is 1. The van der Waals surface area contributed by atoms with Crippen LogP contribution in [0.5, 0.6) is 5.88 Å². The Kier molecular flexibility index (Phi) is 4.85. The predicted octanol–water partition coefficient (Wildman–Crippen LogP) is 2.68. The molecular formula is C23H27N3O4. The fourth-order valence-corrected chi connectivity index (χ4v) is 5.32. The van der Waals surface area contributed by atoms with Gasteiger partial charge < -0.3 is 14.4 Å². The Morgan fingerprint density at radius 1 is 1.13 bits per heavy atom. The summed E-state index contributed by atoms with van der Waals surface area (Å²) in [6.45, 7) is 2.86. The number of benzene rings is 1. The quantitative estimate of drug-likeness (QED) is 0.571. The fourth-order valence-electron chi connectivity index (χ4n) is 5.32. The van der Waals surface area contributed by atoms with Gasteiger partial charge in [-0.25, -0.2) is 9.59 Å². The molecule has 1 aromatic heterocycles. The number of likely N-dealkylation sites (tertiary alicyclic amines) is 1. The molecule has 3 aliphatic rings. The van der Waals surface area contributed by atoms with Gasteiger partial charge >= 0.3 is 11.9 Å². The second-order valence-corrected chi connectivity index (χ2v) is 8.65. The third kappa shape index (κ3) is 3.31. The largest absolute Gasteiger partial charge is 0.445 e. The van der Waals surface area contributed by atoms with E-state index in [1.165, 1.54) is 5.56 Å². The van der Waals surface area contributed by atoms with Crippen molar-refractivity contribution in [1.29, 1.82) is 0 Å². The number of nitrogens with zero attached hydrogens (tertiary/aromatic N) is 3. The zero-order valence-corrected chi connectivity index (χ0v) is 17.3. The van der Waals surface area contributed by atoms with Crippen LogP contribution in [0.2, 0.25) is 0 Å². The number of hydrogen-bond donors (Lipinski definition) is 0. The first-order valence-electron chi connectivity index (χ1n) is 10.8. The zero-order valence-electron chi connectivity index (χ0n) is 17.3. The van der Waals surface area contributed by atoms with Crippen molar-refractivity contribution >= 4 is 11.9 Å². The van der Waals surface area contributed by atoms with Crippen LogP contribution in [0.3, 0.4) is 0 Å². The molecule has 1 fully saturated rings. The van der Waals surface area contributed by atoms with Gasteiger partial charge in [0.05, 0.1) is 5.56 Å². The highest BCUT2D eigenvalue weighted by Gasteiger charge is 2.49. The summed E-state index contributed by atoms with van der Waals surface area (Å²) < 4.78 is 12.8. The molecule has 1 unspecified atom stereocenters. The van der Waals surface area contributed by atoms with Gasteiger partial charge in [-0.2, -0.15) is 0 Å². The van der Waals surface area contributed by atoms with Crippen LogP contribution in [0.1, 0.15) is 54.8 Å². The molecule has 2 aromatic rings. The summed E-state index contributed by atoms with van der Waals surface area (Å²) in [5.41, 5.74) is 2.40. The van der Waals surface area contributed by atoms with E-state index in [0.717, 1.165) is 56.6 Å². The smallest absolute Gasteiger partial charge is 0.424 e. The van der Waals surface area contributed by atoms with Crippen molar-refractivity contribution in [3.63, 3.8) is 0 Å². The summed E-state index contributed by atoms with van der Waals surface area (Å²) in [4.78, 5) is 26.8. The van der Waals surface area contributed by atoms with Crippen LogP contribution in [-0.4, -0.2) is 46.3 Å². The molecule has 30 heavy (non-hydrogen) atoms. The normalized spacial score (nSPS) is 24.7. The standard InChI is InChI=1S/C23H27N3O4/c1-25-18-8-5-11-23(19(18)20(24-25)29-21(27)22(28)30-23)12-15-26-13-9-17(10-14-26)16-6-3-2-4-7-16/h2-4,6-7,17H,5,8-15H2,1H3. The third-order valence-corrected chi connectivity index (χ3v) is 6.92. The van der Waals surface area contributed by atoms with E-state index in [1.807, 2.05) is 7.05 Å². The molecule has 7 nitrogen and oxygen atoms in total. The third-order valence-electron chi connectivity index (χ3n) is 6.92. The van der Waals surface area contributed by atoms with Gasteiger partial charge in [-0.1, -0.05) is 30.3 Å². The van der Waals surface area contributed by atoms with E-state index in [2.05, 4.69) is 40.3 Å². The molecule has 0 N–H and O–H groups in total. The molecule has 0 amide bonds. The van der Waals surface area contributed by atoms with Crippen molar-refractivity contribution in [2.75, 3.05) is 19.6 Å². The Balaban J connectivity index is 1.32. The number of esters is 2. The van der Waals surface area contributed by atoms with Crippen LogP contribution < -0.4 is 4.74 Å². The summed E-state index contributed by atoms with van der Waals surface area (Å²) in [6, 6.07) is 10.7. The summed E-state index contributed by atoms with van der Waals surface area (Å²) in [6.07, 6.45) is 5.34. The minimum atomic E-state index is -0.978. The maximum atomic E-state index is 12.3. The van der Waals surface area contributed by atoms with E-state index in [4.69, 9.17) is 9.47 Å². The van der Waals surface area contributed by atoms with Crippen LogP contribution >= 0.6 is 0 Å². The zero-order chi connectivity index (χ0) is 20.7. The molecule has 158 valence electrons. The minimum Gasteiger partial charge on any atom is -0.445 e. The van der Waals surface area contributed by atoms with E-state index in [9.17, 15) is 9.59 Å². The van der Waals surface area contributed by atoms with Crippen LogP contribution in [0, 0.1) is 0 Å². The van der Waals surface area contributed by atoms with Crippen molar-refractivity contribution in [2.24, 2.45) is 7.05 Å². The van der Waals surface area contributed by atoms with Gasteiger partial charge in [0.25, 0.3) is 0 Å². The van der Waals surface area contributed by atoms with Gasteiger partial charge in [0.2, 0.25) is 5.88 Å². The SMILES string of the molecule is Cn1nc2c3c1CCCC3(CCN1CCC(c3ccccc3)CC1)OC(=O)C(=O)O2.